The minimum Gasteiger partial charge on any atom is -0.454 e. The first-order valence-corrected chi connectivity index (χ1v) is 7.56. The van der Waals surface area contributed by atoms with E-state index in [2.05, 4.69) is 26.6 Å². The Hall–Kier alpha value is -1.79. The molecule has 0 aromatic heterocycles. The van der Waals surface area contributed by atoms with Crippen molar-refractivity contribution in [1.29, 1.82) is 0 Å². The van der Waals surface area contributed by atoms with Gasteiger partial charge >= 0.3 is 0 Å². The van der Waals surface area contributed by atoms with Crippen molar-refractivity contribution in [2.24, 2.45) is 0 Å². The van der Waals surface area contributed by atoms with E-state index >= 15 is 0 Å². The van der Waals surface area contributed by atoms with Gasteiger partial charge in [-0.2, -0.15) is 0 Å². The summed E-state index contributed by atoms with van der Waals surface area (Å²) in [4.78, 5) is 0. The molecule has 3 rings (SSSR count). The Labute approximate surface area is 136 Å². The third-order valence-corrected chi connectivity index (χ3v) is 3.86. The summed E-state index contributed by atoms with van der Waals surface area (Å²) < 4.78 is 11.6. The van der Waals surface area contributed by atoms with Crippen molar-refractivity contribution in [3.8, 4) is 11.5 Å². The van der Waals surface area contributed by atoms with Gasteiger partial charge in [-0.25, -0.2) is 0 Å². The molecule has 0 amide bonds. The molecule has 21 heavy (non-hydrogen) atoms. The number of hydrogen-bond acceptors (Lipinski definition) is 3. The van der Waals surface area contributed by atoms with Gasteiger partial charge in [0.2, 0.25) is 6.79 Å². The van der Waals surface area contributed by atoms with Crippen LogP contribution in [0.15, 0.2) is 40.9 Å². The standard InChI is InChI=1S/C15H13BrN2O2S/c1-9-2-4-12(11(16)6-9)18-15(21)17-10-3-5-13-14(7-10)20-8-19-13/h2-7H,8H2,1H3,(H2,17,18,21). The number of ether oxygens (including phenoxy) is 2. The number of thiocarbonyl (C=S) groups is 1. The third kappa shape index (κ3) is 3.28. The molecule has 1 aliphatic heterocycles. The van der Waals surface area contributed by atoms with Gasteiger partial charge in [-0.15, -0.1) is 0 Å². The number of hydrogen-bond donors (Lipinski definition) is 2. The van der Waals surface area contributed by atoms with Crippen molar-refractivity contribution < 1.29 is 9.47 Å². The molecule has 1 heterocycles. The fraction of sp³-hybridized carbons (Fsp3) is 0.133. The van der Waals surface area contributed by atoms with Crippen LogP contribution in [0.1, 0.15) is 5.56 Å². The van der Waals surface area contributed by atoms with E-state index in [0.717, 1.165) is 27.3 Å². The lowest BCUT2D eigenvalue weighted by Gasteiger charge is -2.12. The van der Waals surface area contributed by atoms with Crippen LogP contribution < -0.4 is 20.1 Å². The molecule has 0 unspecified atom stereocenters. The van der Waals surface area contributed by atoms with Gasteiger partial charge in [0.05, 0.1) is 5.69 Å². The molecule has 0 bridgehead atoms. The Morgan fingerprint density at radius 3 is 2.71 bits per heavy atom. The SMILES string of the molecule is Cc1ccc(NC(=S)Nc2ccc3c(c2)OCO3)c(Br)c1. The topological polar surface area (TPSA) is 42.5 Å². The lowest BCUT2D eigenvalue weighted by atomic mass is 10.2. The Morgan fingerprint density at radius 1 is 1.10 bits per heavy atom. The van der Waals surface area contributed by atoms with E-state index in [4.69, 9.17) is 21.7 Å². The van der Waals surface area contributed by atoms with Crippen molar-refractivity contribution in [3.63, 3.8) is 0 Å². The average molecular weight is 365 g/mol. The molecule has 2 N–H and O–H groups in total. The molecule has 108 valence electrons. The molecule has 2 aromatic rings. The second-order valence-electron chi connectivity index (χ2n) is 4.63. The molecule has 0 spiro atoms. The lowest BCUT2D eigenvalue weighted by molar-refractivity contribution is 0.174. The number of aryl methyl sites for hydroxylation is 1. The molecular formula is C15H13BrN2O2S. The molecule has 0 radical (unpaired) electrons. The van der Waals surface area contributed by atoms with Gasteiger partial charge in [0, 0.05) is 16.2 Å². The summed E-state index contributed by atoms with van der Waals surface area (Å²) in [7, 11) is 0. The molecule has 0 aliphatic carbocycles. The Morgan fingerprint density at radius 2 is 1.90 bits per heavy atom. The van der Waals surface area contributed by atoms with E-state index in [9.17, 15) is 0 Å². The van der Waals surface area contributed by atoms with Crippen LogP contribution in [0.2, 0.25) is 0 Å². The fourth-order valence-corrected chi connectivity index (χ4v) is 2.80. The first-order valence-electron chi connectivity index (χ1n) is 6.35. The maximum atomic E-state index is 5.34. The summed E-state index contributed by atoms with van der Waals surface area (Å²) >= 11 is 8.84. The summed E-state index contributed by atoms with van der Waals surface area (Å²) in [5.41, 5.74) is 2.95. The quantitative estimate of drug-likeness (QED) is 0.777. The Balaban J connectivity index is 1.69. The largest absolute Gasteiger partial charge is 0.454 e. The van der Waals surface area contributed by atoms with Crippen LogP contribution in [0.5, 0.6) is 11.5 Å². The van der Waals surface area contributed by atoms with E-state index in [-0.39, 0.29) is 6.79 Å². The second-order valence-corrected chi connectivity index (χ2v) is 5.89. The number of nitrogens with one attached hydrogen (secondary N) is 2. The highest BCUT2D eigenvalue weighted by Gasteiger charge is 2.13. The van der Waals surface area contributed by atoms with Gasteiger partial charge < -0.3 is 20.1 Å². The lowest BCUT2D eigenvalue weighted by Crippen LogP contribution is -2.19. The van der Waals surface area contributed by atoms with Crippen molar-refractivity contribution in [2.45, 2.75) is 6.92 Å². The second kappa shape index (κ2) is 5.91. The molecule has 0 saturated carbocycles. The van der Waals surface area contributed by atoms with Gasteiger partial charge in [-0.1, -0.05) is 6.07 Å². The minimum atomic E-state index is 0.262. The first-order chi connectivity index (χ1) is 10.1. The third-order valence-electron chi connectivity index (χ3n) is 3.00. The van der Waals surface area contributed by atoms with Gasteiger partial charge in [-0.05, 0) is 64.9 Å². The van der Waals surface area contributed by atoms with Crippen LogP contribution in [0.4, 0.5) is 11.4 Å². The summed E-state index contributed by atoms with van der Waals surface area (Å²) in [6, 6.07) is 11.6. The summed E-state index contributed by atoms with van der Waals surface area (Å²) in [5, 5.41) is 6.79. The first kappa shape index (κ1) is 14.2. The maximum Gasteiger partial charge on any atom is 0.231 e. The molecule has 0 fully saturated rings. The number of halogens is 1. The molecule has 6 heteroatoms. The predicted octanol–water partition coefficient (Wildman–Crippen LogP) is 4.30. The van der Waals surface area contributed by atoms with E-state index < -0.39 is 0 Å². The zero-order valence-corrected chi connectivity index (χ0v) is 13.7. The minimum absolute atomic E-state index is 0.262. The van der Waals surface area contributed by atoms with Crippen LogP contribution in [-0.4, -0.2) is 11.9 Å². The van der Waals surface area contributed by atoms with E-state index in [1.807, 2.05) is 43.3 Å². The number of benzene rings is 2. The van der Waals surface area contributed by atoms with E-state index in [1.54, 1.807) is 0 Å². The van der Waals surface area contributed by atoms with Crippen molar-refractivity contribution >= 4 is 44.6 Å². The molecular weight excluding hydrogens is 352 g/mol. The number of fused-ring (bicyclic) bond motifs is 1. The van der Waals surface area contributed by atoms with Crippen molar-refractivity contribution in [3.05, 3.63) is 46.4 Å². The van der Waals surface area contributed by atoms with Gasteiger partial charge in [0.1, 0.15) is 0 Å². The van der Waals surface area contributed by atoms with E-state index in [0.29, 0.717) is 5.11 Å². The number of anilines is 2. The normalized spacial score (nSPS) is 12.1. The van der Waals surface area contributed by atoms with Gasteiger partial charge in [-0.3, -0.25) is 0 Å². The van der Waals surface area contributed by atoms with Crippen molar-refractivity contribution in [2.75, 3.05) is 17.4 Å². The Bertz CT molecular complexity index is 706. The van der Waals surface area contributed by atoms with Crippen LogP contribution in [0.3, 0.4) is 0 Å². The molecule has 1 aliphatic rings. The van der Waals surface area contributed by atoms with Crippen LogP contribution >= 0.6 is 28.1 Å². The van der Waals surface area contributed by atoms with E-state index in [1.165, 1.54) is 5.56 Å². The zero-order valence-electron chi connectivity index (χ0n) is 11.3. The Kier molecular flexibility index (Phi) is 3.98. The maximum absolute atomic E-state index is 5.34. The summed E-state index contributed by atoms with van der Waals surface area (Å²) in [6.07, 6.45) is 0. The molecule has 0 atom stereocenters. The fourth-order valence-electron chi connectivity index (χ4n) is 1.98. The highest BCUT2D eigenvalue weighted by atomic mass is 79.9. The summed E-state index contributed by atoms with van der Waals surface area (Å²) in [5.74, 6) is 1.47. The van der Waals surface area contributed by atoms with Gasteiger partial charge in [0.25, 0.3) is 0 Å². The van der Waals surface area contributed by atoms with Crippen LogP contribution in [0.25, 0.3) is 0 Å². The highest BCUT2D eigenvalue weighted by Crippen LogP contribution is 2.34. The smallest absolute Gasteiger partial charge is 0.231 e. The van der Waals surface area contributed by atoms with Crippen LogP contribution in [-0.2, 0) is 0 Å². The summed E-state index contributed by atoms with van der Waals surface area (Å²) in [6.45, 7) is 2.30. The zero-order chi connectivity index (χ0) is 14.8. The molecule has 0 saturated heterocycles. The van der Waals surface area contributed by atoms with Gasteiger partial charge in [0.15, 0.2) is 16.6 Å². The predicted molar refractivity (Wildman–Crippen MR) is 91.3 cm³/mol. The molecule has 4 nitrogen and oxygen atoms in total. The molecule has 2 aromatic carbocycles. The average Bonchev–Trinajstić information content (AvgIpc) is 2.89. The monoisotopic (exact) mass is 364 g/mol. The highest BCUT2D eigenvalue weighted by molar-refractivity contribution is 9.10. The number of rotatable bonds is 2. The van der Waals surface area contributed by atoms with Crippen LogP contribution in [0, 0.1) is 6.92 Å². The van der Waals surface area contributed by atoms with Crippen molar-refractivity contribution in [1.82, 2.24) is 0 Å².